The van der Waals surface area contributed by atoms with Crippen LogP contribution in [0.1, 0.15) is 27.7 Å². The van der Waals surface area contributed by atoms with Crippen LogP contribution in [0, 0.1) is 0 Å². The number of ether oxygens (including phenoxy) is 1. The SMILES string of the molecule is CC(C)Nc1nc(N)nc(OC(C)C)n1. The molecule has 1 aromatic rings. The predicted molar refractivity (Wildman–Crippen MR) is 58.8 cm³/mol. The molecule has 0 unspecified atom stereocenters. The topological polar surface area (TPSA) is 86.0 Å². The number of nitrogens with one attached hydrogen (secondary N) is 1. The number of nitrogen functional groups attached to an aromatic ring is 1. The first-order valence-electron chi connectivity index (χ1n) is 4.92. The molecule has 3 N–H and O–H groups in total. The Morgan fingerprint density at radius 2 is 1.80 bits per heavy atom. The van der Waals surface area contributed by atoms with E-state index in [-0.39, 0.29) is 24.1 Å². The van der Waals surface area contributed by atoms with Gasteiger partial charge in [0.1, 0.15) is 0 Å². The molecule has 6 nitrogen and oxygen atoms in total. The van der Waals surface area contributed by atoms with E-state index in [1.807, 2.05) is 27.7 Å². The standard InChI is InChI=1S/C9H17N5O/c1-5(2)11-8-12-7(10)13-9(14-8)15-6(3)4/h5-6H,1-4H3,(H3,10,11,12,13,14). The first-order chi connectivity index (χ1) is 6.97. The van der Waals surface area contributed by atoms with Crippen molar-refractivity contribution in [1.29, 1.82) is 0 Å². The Kier molecular flexibility index (Phi) is 3.65. The molecule has 0 radical (unpaired) electrons. The molecule has 0 spiro atoms. The van der Waals surface area contributed by atoms with Gasteiger partial charge in [0.15, 0.2) is 0 Å². The van der Waals surface area contributed by atoms with Crippen molar-refractivity contribution in [2.75, 3.05) is 11.1 Å². The van der Waals surface area contributed by atoms with Gasteiger partial charge in [-0.05, 0) is 27.7 Å². The van der Waals surface area contributed by atoms with Gasteiger partial charge in [-0.25, -0.2) is 0 Å². The molecule has 0 aromatic carbocycles. The van der Waals surface area contributed by atoms with Crippen molar-refractivity contribution in [2.24, 2.45) is 0 Å². The van der Waals surface area contributed by atoms with Gasteiger partial charge in [0.25, 0.3) is 0 Å². The molecule has 84 valence electrons. The highest BCUT2D eigenvalue weighted by Crippen LogP contribution is 2.10. The first kappa shape index (κ1) is 11.5. The predicted octanol–water partition coefficient (Wildman–Crippen LogP) is 1.06. The highest BCUT2D eigenvalue weighted by molar-refractivity contribution is 5.33. The van der Waals surface area contributed by atoms with Crippen LogP contribution in [0.5, 0.6) is 6.01 Å². The van der Waals surface area contributed by atoms with E-state index >= 15 is 0 Å². The van der Waals surface area contributed by atoms with Crippen LogP contribution in [0.2, 0.25) is 0 Å². The minimum atomic E-state index is 0.0127. The Bertz CT molecular complexity index is 298. The molecule has 0 amide bonds. The fourth-order valence-corrected chi connectivity index (χ4v) is 0.958. The quantitative estimate of drug-likeness (QED) is 0.774. The zero-order chi connectivity index (χ0) is 11.4. The lowest BCUT2D eigenvalue weighted by molar-refractivity contribution is 0.222. The largest absolute Gasteiger partial charge is 0.461 e. The number of rotatable bonds is 4. The van der Waals surface area contributed by atoms with Gasteiger partial charge in [0.2, 0.25) is 11.9 Å². The molecule has 0 aliphatic heterocycles. The van der Waals surface area contributed by atoms with Crippen LogP contribution in [0.4, 0.5) is 11.9 Å². The molecular weight excluding hydrogens is 194 g/mol. The third kappa shape index (κ3) is 3.97. The van der Waals surface area contributed by atoms with Crippen LogP contribution < -0.4 is 15.8 Å². The van der Waals surface area contributed by atoms with Crippen LogP contribution >= 0.6 is 0 Å². The second-order valence-electron chi connectivity index (χ2n) is 3.77. The summed E-state index contributed by atoms with van der Waals surface area (Å²) < 4.78 is 5.34. The maximum absolute atomic E-state index is 5.53. The van der Waals surface area contributed by atoms with E-state index in [1.165, 1.54) is 0 Å². The Balaban J connectivity index is 2.84. The van der Waals surface area contributed by atoms with Gasteiger partial charge in [-0.2, -0.15) is 15.0 Å². The van der Waals surface area contributed by atoms with Crippen molar-refractivity contribution in [2.45, 2.75) is 39.8 Å². The minimum Gasteiger partial charge on any atom is -0.461 e. The fourth-order valence-electron chi connectivity index (χ4n) is 0.958. The van der Waals surface area contributed by atoms with Crippen molar-refractivity contribution >= 4 is 11.9 Å². The van der Waals surface area contributed by atoms with E-state index in [0.29, 0.717) is 5.95 Å². The summed E-state index contributed by atoms with van der Waals surface area (Å²) in [7, 11) is 0. The Labute approximate surface area is 89.3 Å². The Morgan fingerprint density at radius 3 is 2.33 bits per heavy atom. The monoisotopic (exact) mass is 211 g/mol. The number of nitrogens with two attached hydrogens (primary N) is 1. The number of aromatic nitrogens is 3. The molecule has 0 bridgehead atoms. The molecule has 0 fully saturated rings. The maximum atomic E-state index is 5.53. The lowest BCUT2D eigenvalue weighted by Crippen LogP contribution is -2.16. The van der Waals surface area contributed by atoms with Crippen LogP contribution in [0.25, 0.3) is 0 Å². The minimum absolute atomic E-state index is 0.0127. The third-order valence-electron chi connectivity index (χ3n) is 1.39. The van der Waals surface area contributed by atoms with Gasteiger partial charge in [-0.3, -0.25) is 0 Å². The molecule has 1 heterocycles. The van der Waals surface area contributed by atoms with Crippen molar-refractivity contribution in [3.63, 3.8) is 0 Å². The van der Waals surface area contributed by atoms with Crippen LogP contribution in [-0.2, 0) is 0 Å². The van der Waals surface area contributed by atoms with E-state index in [9.17, 15) is 0 Å². The zero-order valence-electron chi connectivity index (χ0n) is 9.48. The zero-order valence-corrected chi connectivity index (χ0v) is 9.48. The highest BCUT2D eigenvalue weighted by atomic mass is 16.5. The van der Waals surface area contributed by atoms with Gasteiger partial charge in [-0.1, -0.05) is 0 Å². The summed E-state index contributed by atoms with van der Waals surface area (Å²) in [5.41, 5.74) is 5.53. The van der Waals surface area contributed by atoms with Crippen LogP contribution in [0.3, 0.4) is 0 Å². The third-order valence-corrected chi connectivity index (χ3v) is 1.39. The van der Waals surface area contributed by atoms with E-state index < -0.39 is 0 Å². The van der Waals surface area contributed by atoms with Crippen molar-refractivity contribution in [3.05, 3.63) is 0 Å². The summed E-state index contributed by atoms with van der Waals surface area (Å²) in [4.78, 5) is 11.9. The summed E-state index contributed by atoms with van der Waals surface area (Å²) >= 11 is 0. The molecular formula is C9H17N5O. The molecule has 0 atom stereocenters. The first-order valence-corrected chi connectivity index (χ1v) is 4.92. The summed E-state index contributed by atoms with van der Waals surface area (Å²) in [6, 6.07) is 0.486. The molecule has 15 heavy (non-hydrogen) atoms. The highest BCUT2D eigenvalue weighted by Gasteiger charge is 2.07. The number of nitrogens with zero attached hydrogens (tertiary/aromatic N) is 3. The average Bonchev–Trinajstić information content (AvgIpc) is 1.98. The molecule has 0 aliphatic rings. The molecule has 6 heteroatoms. The van der Waals surface area contributed by atoms with Gasteiger partial charge in [0.05, 0.1) is 6.10 Å². The van der Waals surface area contributed by atoms with E-state index in [2.05, 4.69) is 20.3 Å². The molecule has 0 aliphatic carbocycles. The van der Waals surface area contributed by atoms with Crippen LogP contribution in [-0.4, -0.2) is 27.1 Å². The van der Waals surface area contributed by atoms with Gasteiger partial charge < -0.3 is 15.8 Å². The molecule has 1 rings (SSSR count). The summed E-state index contributed by atoms with van der Waals surface area (Å²) in [6.45, 7) is 7.77. The lowest BCUT2D eigenvalue weighted by Gasteiger charge is -2.11. The van der Waals surface area contributed by atoms with Gasteiger partial charge in [0, 0.05) is 6.04 Å². The maximum Gasteiger partial charge on any atom is 0.323 e. The smallest absolute Gasteiger partial charge is 0.323 e. The summed E-state index contributed by atoms with van der Waals surface area (Å²) in [6.07, 6.45) is 0.0127. The molecule has 0 saturated carbocycles. The lowest BCUT2D eigenvalue weighted by atomic mass is 10.4. The Hall–Kier alpha value is -1.59. The summed E-state index contributed by atoms with van der Waals surface area (Å²) in [5.74, 6) is 0.594. The number of hydrogen-bond acceptors (Lipinski definition) is 6. The Morgan fingerprint density at radius 1 is 1.13 bits per heavy atom. The molecule has 0 saturated heterocycles. The van der Waals surface area contributed by atoms with Gasteiger partial charge in [-0.15, -0.1) is 0 Å². The second kappa shape index (κ2) is 4.77. The van der Waals surface area contributed by atoms with E-state index in [4.69, 9.17) is 10.5 Å². The number of anilines is 2. The summed E-state index contributed by atoms with van der Waals surface area (Å²) in [5, 5.41) is 3.04. The van der Waals surface area contributed by atoms with Crippen molar-refractivity contribution in [1.82, 2.24) is 15.0 Å². The van der Waals surface area contributed by atoms with Crippen molar-refractivity contribution in [3.8, 4) is 6.01 Å². The van der Waals surface area contributed by atoms with E-state index in [0.717, 1.165) is 0 Å². The van der Waals surface area contributed by atoms with Gasteiger partial charge >= 0.3 is 6.01 Å². The van der Waals surface area contributed by atoms with Crippen molar-refractivity contribution < 1.29 is 4.74 Å². The fraction of sp³-hybridized carbons (Fsp3) is 0.667. The average molecular weight is 211 g/mol. The van der Waals surface area contributed by atoms with Crippen LogP contribution in [0.15, 0.2) is 0 Å². The normalized spacial score (nSPS) is 10.8. The van der Waals surface area contributed by atoms with E-state index in [1.54, 1.807) is 0 Å². The number of hydrogen-bond donors (Lipinski definition) is 2. The molecule has 1 aromatic heterocycles. The second-order valence-corrected chi connectivity index (χ2v) is 3.77.